The summed E-state index contributed by atoms with van der Waals surface area (Å²) >= 11 is 0. The highest BCUT2D eigenvalue weighted by molar-refractivity contribution is 5.98. The van der Waals surface area contributed by atoms with Gasteiger partial charge in [0.1, 0.15) is 11.9 Å². The van der Waals surface area contributed by atoms with Crippen LogP contribution in [0, 0.1) is 0 Å². The molecule has 1 atom stereocenters. The van der Waals surface area contributed by atoms with Crippen LogP contribution in [0.1, 0.15) is 10.4 Å². The summed E-state index contributed by atoms with van der Waals surface area (Å²) in [4.78, 5) is 28.4. The Kier molecular flexibility index (Phi) is 3.52. The SMILES string of the molecule is NC(=O)c1cc(N2CCOCC2C(N)=O)ncc1N. The molecular formula is C11H15N5O3. The van der Waals surface area contributed by atoms with E-state index in [0.717, 1.165) is 0 Å². The average molecular weight is 265 g/mol. The molecule has 1 aromatic rings. The third-order valence-electron chi connectivity index (χ3n) is 2.94. The van der Waals surface area contributed by atoms with Gasteiger partial charge in [-0.25, -0.2) is 4.98 Å². The second kappa shape index (κ2) is 5.11. The molecule has 1 aliphatic rings. The highest BCUT2D eigenvalue weighted by Crippen LogP contribution is 2.21. The van der Waals surface area contributed by atoms with E-state index in [4.69, 9.17) is 21.9 Å². The lowest BCUT2D eigenvalue weighted by atomic mass is 10.1. The summed E-state index contributed by atoms with van der Waals surface area (Å²) in [5, 5.41) is 0. The van der Waals surface area contributed by atoms with E-state index in [0.29, 0.717) is 19.0 Å². The summed E-state index contributed by atoms with van der Waals surface area (Å²) in [6, 6.07) is 0.837. The number of morpholine rings is 1. The van der Waals surface area contributed by atoms with Gasteiger partial charge in [-0.05, 0) is 6.07 Å². The van der Waals surface area contributed by atoms with Crippen LogP contribution in [-0.4, -0.2) is 42.6 Å². The summed E-state index contributed by atoms with van der Waals surface area (Å²) in [5.74, 6) is -0.737. The van der Waals surface area contributed by atoms with Gasteiger partial charge in [0.2, 0.25) is 5.91 Å². The minimum Gasteiger partial charge on any atom is -0.397 e. The zero-order valence-electron chi connectivity index (χ0n) is 10.2. The first kappa shape index (κ1) is 13.1. The number of carbonyl (C=O) groups is 2. The Bertz CT molecular complexity index is 519. The van der Waals surface area contributed by atoms with Gasteiger partial charge in [0.05, 0.1) is 30.7 Å². The zero-order chi connectivity index (χ0) is 14.0. The number of rotatable bonds is 3. The van der Waals surface area contributed by atoms with Gasteiger partial charge in [0.15, 0.2) is 0 Å². The first-order valence-corrected chi connectivity index (χ1v) is 5.69. The van der Waals surface area contributed by atoms with Crippen molar-refractivity contribution in [2.24, 2.45) is 11.5 Å². The van der Waals surface area contributed by atoms with Crippen LogP contribution in [0.25, 0.3) is 0 Å². The molecule has 0 aromatic carbocycles. The topological polar surface area (TPSA) is 138 Å². The molecule has 0 aliphatic carbocycles. The summed E-state index contributed by atoms with van der Waals surface area (Å²) in [7, 11) is 0. The van der Waals surface area contributed by atoms with E-state index < -0.39 is 17.9 Å². The van der Waals surface area contributed by atoms with Gasteiger partial charge >= 0.3 is 0 Å². The van der Waals surface area contributed by atoms with Crippen molar-refractivity contribution in [2.45, 2.75) is 6.04 Å². The van der Waals surface area contributed by atoms with Crippen LogP contribution in [0.3, 0.4) is 0 Å². The molecule has 2 rings (SSSR count). The molecule has 8 heteroatoms. The molecule has 2 heterocycles. The van der Waals surface area contributed by atoms with E-state index in [1.807, 2.05) is 0 Å². The van der Waals surface area contributed by atoms with Crippen molar-refractivity contribution in [3.63, 3.8) is 0 Å². The Morgan fingerprint density at radius 2 is 2.16 bits per heavy atom. The Morgan fingerprint density at radius 1 is 1.42 bits per heavy atom. The van der Waals surface area contributed by atoms with Gasteiger partial charge in [-0.3, -0.25) is 9.59 Å². The fraction of sp³-hybridized carbons (Fsp3) is 0.364. The Hall–Kier alpha value is -2.35. The van der Waals surface area contributed by atoms with Crippen molar-refractivity contribution in [1.29, 1.82) is 0 Å². The van der Waals surface area contributed by atoms with Gasteiger partial charge in [0.25, 0.3) is 5.91 Å². The average Bonchev–Trinajstić information content (AvgIpc) is 2.39. The maximum absolute atomic E-state index is 11.4. The maximum Gasteiger partial charge on any atom is 0.250 e. The monoisotopic (exact) mass is 265 g/mol. The summed E-state index contributed by atoms with van der Waals surface area (Å²) in [5.41, 5.74) is 16.5. The van der Waals surface area contributed by atoms with Crippen molar-refractivity contribution in [2.75, 3.05) is 30.4 Å². The molecule has 0 radical (unpaired) electrons. The lowest BCUT2D eigenvalue weighted by Crippen LogP contribution is -2.53. The number of anilines is 2. The van der Waals surface area contributed by atoms with Crippen LogP contribution in [0.2, 0.25) is 0 Å². The molecule has 0 saturated carbocycles. The minimum absolute atomic E-state index is 0.166. The molecule has 1 aromatic heterocycles. The molecule has 1 unspecified atom stereocenters. The van der Waals surface area contributed by atoms with E-state index in [1.165, 1.54) is 12.3 Å². The smallest absolute Gasteiger partial charge is 0.250 e. The predicted octanol–water partition coefficient (Wildman–Crippen LogP) is -1.55. The number of ether oxygens (including phenoxy) is 1. The second-order valence-electron chi connectivity index (χ2n) is 4.18. The van der Waals surface area contributed by atoms with E-state index in [9.17, 15) is 9.59 Å². The number of carbonyl (C=O) groups excluding carboxylic acids is 2. The normalized spacial score (nSPS) is 19.2. The number of hydrogen-bond acceptors (Lipinski definition) is 6. The molecule has 8 nitrogen and oxygen atoms in total. The molecule has 19 heavy (non-hydrogen) atoms. The molecule has 0 spiro atoms. The van der Waals surface area contributed by atoms with Gasteiger partial charge in [0, 0.05) is 6.54 Å². The fourth-order valence-corrected chi connectivity index (χ4v) is 1.94. The standard InChI is InChI=1S/C11H15N5O3/c12-7-4-15-9(3-6(7)10(13)17)16-1-2-19-5-8(16)11(14)18/h3-4,8H,1-2,5,12H2,(H2,13,17)(H2,14,18). The molecule has 1 saturated heterocycles. The number of amides is 2. The fourth-order valence-electron chi connectivity index (χ4n) is 1.94. The zero-order valence-corrected chi connectivity index (χ0v) is 10.2. The summed E-state index contributed by atoms with van der Waals surface area (Å²) in [6.45, 7) is 1.08. The van der Waals surface area contributed by atoms with Crippen LogP contribution < -0.4 is 22.1 Å². The molecule has 1 aliphatic heterocycles. The Labute approximate surface area is 109 Å². The van der Waals surface area contributed by atoms with E-state index >= 15 is 0 Å². The van der Waals surface area contributed by atoms with Gasteiger partial charge < -0.3 is 26.8 Å². The van der Waals surface area contributed by atoms with Crippen LogP contribution in [0.15, 0.2) is 12.3 Å². The molecule has 102 valence electrons. The number of nitrogen functional groups attached to an aromatic ring is 1. The number of hydrogen-bond donors (Lipinski definition) is 3. The highest BCUT2D eigenvalue weighted by atomic mass is 16.5. The van der Waals surface area contributed by atoms with Crippen molar-refractivity contribution in [3.8, 4) is 0 Å². The van der Waals surface area contributed by atoms with Crippen molar-refractivity contribution < 1.29 is 14.3 Å². The van der Waals surface area contributed by atoms with Gasteiger partial charge in [-0.15, -0.1) is 0 Å². The third kappa shape index (κ3) is 2.58. The van der Waals surface area contributed by atoms with Crippen LogP contribution in [0.4, 0.5) is 11.5 Å². The van der Waals surface area contributed by atoms with Gasteiger partial charge in [-0.2, -0.15) is 0 Å². The van der Waals surface area contributed by atoms with E-state index in [2.05, 4.69) is 4.98 Å². The van der Waals surface area contributed by atoms with Crippen LogP contribution in [0.5, 0.6) is 0 Å². The number of primary amides is 2. The van der Waals surface area contributed by atoms with Crippen molar-refractivity contribution in [1.82, 2.24) is 4.98 Å². The summed E-state index contributed by atoms with van der Waals surface area (Å²) in [6.07, 6.45) is 1.34. The van der Waals surface area contributed by atoms with Crippen molar-refractivity contribution in [3.05, 3.63) is 17.8 Å². The predicted molar refractivity (Wildman–Crippen MR) is 68.3 cm³/mol. The van der Waals surface area contributed by atoms with Crippen LogP contribution in [-0.2, 0) is 9.53 Å². The third-order valence-corrected chi connectivity index (χ3v) is 2.94. The molecule has 0 bridgehead atoms. The highest BCUT2D eigenvalue weighted by Gasteiger charge is 2.29. The molecule has 2 amide bonds. The van der Waals surface area contributed by atoms with E-state index in [1.54, 1.807) is 4.90 Å². The first-order chi connectivity index (χ1) is 9.00. The lowest BCUT2D eigenvalue weighted by molar-refractivity contribution is -0.121. The number of nitrogens with two attached hydrogens (primary N) is 3. The molecule has 1 fully saturated rings. The van der Waals surface area contributed by atoms with E-state index in [-0.39, 0.29) is 17.9 Å². The maximum atomic E-state index is 11.4. The molecular weight excluding hydrogens is 250 g/mol. The Morgan fingerprint density at radius 3 is 2.79 bits per heavy atom. The minimum atomic E-state index is -0.648. The largest absolute Gasteiger partial charge is 0.397 e. The van der Waals surface area contributed by atoms with Gasteiger partial charge in [-0.1, -0.05) is 0 Å². The van der Waals surface area contributed by atoms with Crippen LogP contribution >= 0.6 is 0 Å². The second-order valence-corrected chi connectivity index (χ2v) is 4.18. The first-order valence-electron chi connectivity index (χ1n) is 5.69. The number of nitrogens with zero attached hydrogens (tertiary/aromatic N) is 2. The lowest BCUT2D eigenvalue weighted by Gasteiger charge is -2.34. The molecule has 6 N–H and O–H groups in total. The number of pyridine rings is 1. The van der Waals surface area contributed by atoms with Crippen molar-refractivity contribution >= 4 is 23.3 Å². The number of aromatic nitrogens is 1. The Balaban J connectivity index is 2.36. The summed E-state index contributed by atoms with van der Waals surface area (Å²) < 4.78 is 5.21. The quantitative estimate of drug-likeness (QED) is 0.605.